The number of carboxylic acids is 2. The molecule has 0 atom stereocenters. The standard InChI is InChI=1S/C16H12N2O3.C13H12N2O.C4H6O3.C3H4O4.CH4/c19-14-11-15(20)18(13-9-5-2-6-10-13)16(21)17(14)12-7-3-1-4-8-12;16-13(14-11-7-3-1-4-8-11)15-12-9-5-2-6-10-12;1-3(5)7-4(2)6;4-2(5)1-3(6)7;/h1-10H,11H2;1-10H,(H2,14,15,16);1-2H3;1H2,(H,4,5)(H,6,7);1H4. The average Bonchev–Trinajstić information content (AvgIpc) is 3.06. The molecule has 1 heterocycles. The predicted octanol–water partition coefficient (Wildman–Crippen LogP) is 6.18. The van der Waals surface area contributed by atoms with Crippen LogP contribution < -0.4 is 20.4 Å². The molecule has 4 N–H and O–H groups in total. The van der Waals surface area contributed by atoms with Gasteiger partial charge in [-0.15, -0.1) is 0 Å². The lowest BCUT2D eigenvalue weighted by molar-refractivity contribution is -0.156. The molecule has 1 fully saturated rings. The van der Waals surface area contributed by atoms with Gasteiger partial charge >= 0.3 is 35.9 Å². The minimum atomic E-state index is -1.31. The number of hydrogen-bond acceptors (Lipinski definition) is 9. The van der Waals surface area contributed by atoms with Crippen LogP contribution >= 0.6 is 0 Å². The Morgan fingerprint density at radius 2 is 0.885 bits per heavy atom. The van der Waals surface area contributed by atoms with Crippen LogP contribution in [0.15, 0.2) is 121 Å². The van der Waals surface area contributed by atoms with Crippen LogP contribution in [0, 0.1) is 0 Å². The van der Waals surface area contributed by atoms with Gasteiger partial charge in [-0.2, -0.15) is 0 Å². The molecule has 15 heteroatoms. The van der Waals surface area contributed by atoms with Crippen molar-refractivity contribution in [1.29, 1.82) is 0 Å². The van der Waals surface area contributed by atoms with E-state index in [0.29, 0.717) is 11.4 Å². The average molecular weight is 715 g/mol. The fourth-order valence-electron chi connectivity index (χ4n) is 3.93. The highest BCUT2D eigenvalue weighted by Gasteiger charge is 2.39. The highest BCUT2D eigenvalue weighted by Crippen LogP contribution is 2.25. The van der Waals surface area contributed by atoms with E-state index in [4.69, 9.17) is 10.2 Å². The molecule has 1 aliphatic rings. The van der Waals surface area contributed by atoms with Gasteiger partial charge in [0.15, 0.2) is 0 Å². The quantitative estimate of drug-likeness (QED) is 0.130. The Hall–Kier alpha value is -7.16. The van der Waals surface area contributed by atoms with Gasteiger partial charge in [-0.25, -0.2) is 19.4 Å². The number of esters is 2. The van der Waals surface area contributed by atoms with E-state index in [0.717, 1.165) is 21.2 Å². The van der Waals surface area contributed by atoms with E-state index in [9.17, 15) is 38.4 Å². The lowest BCUT2D eigenvalue weighted by Crippen LogP contribution is -2.55. The second-order valence-corrected chi connectivity index (χ2v) is 9.95. The topological polar surface area (TPSA) is 217 Å². The molecule has 0 bridgehead atoms. The zero-order chi connectivity index (χ0) is 37.8. The summed E-state index contributed by atoms with van der Waals surface area (Å²) in [7, 11) is 0. The van der Waals surface area contributed by atoms with Crippen molar-refractivity contribution in [2.24, 2.45) is 0 Å². The third-order valence-corrected chi connectivity index (χ3v) is 5.87. The Morgan fingerprint density at radius 3 is 1.13 bits per heavy atom. The van der Waals surface area contributed by atoms with Gasteiger partial charge in [-0.3, -0.25) is 28.8 Å². The summed E-state index contributed by atoms with van der Waals surface area (Å²) in [5.74, 6) is -4.77. The van der Waals surface area contributed by atoms with Gasteiger partial charge in [0.2, 0.25) is 11.8 Å². The highest BCUT2D eigenvalue weighted by atomic mass is 16.6. The molecular weight excluding hydrogens is 676 g/mol. The molecule has 0 aliphatic carbocycles. The molecular formula is C37H38N4O11. The van der Waals surface area contributed by atoms with Gasteiger partial charge in [0.1, 0.15) is 12.8 Å². The van der Waals surface area contributed by atoms with E-state index in [2.05, 4.69) is 15.4 Å². The van der Waals surface area contributed by atoms with Crippen LogP contribution in [0.5, 0.6) is 0 Å². The maximum atomic E-state index is 12.6. The number of amides is 6. The second-order valence-electron chi connectivity index (χ2n) is 9.95. The first-order chi connectivity index (χ1) is 24.3. The maximum Gasteiger partial charge on any atom is 0.342 e. The van der Waals surface area contributed by atoms with Crippen molar-refractivity contribution in [2.75, 3.05) is 20.4 Å². The first-order valence-corrected chi connectivity index (χ1v) is 14.9. The lowest BCUT2D eigenvalue weighted by Gasteiger charge is -2.32. The van der Waals surface area contributed by atoms with Gasteiger partial charge in [-0.1, -0.05) is 80.2 Å². The van der Waals surface area contributed by atoms with Crippen LogP contribution in [0.1, 0.15) is 34.1 Å². The molecule has 4 aromatic rings. The van der Waals surface area contributed by atoms with Crippen LogP contribution in [0.2, 0.25) is 0 Å². The molecule has 15 nitrogen and oxygen atoms in total. The van der Waals surface area contributed by atoms with Crippen molar-refractivity contribution in [3.05, 3.63) is 121 Å². The molecule has 5 rings (SSSR count). The van der Waals surface area contributed by atoms with Crippen molar-refractivity contribution < 1.29 is 53.3 Å². The molecule has 0 unspecified atom stereocenters. The fourth-order valence-corrected chi connectivity index (χ4v) is 3.93. The van der Waals surface area contributed by atoms with E-state index in [1.54, 1.807) is 60.7 Å². The number of carboxylic acid groups (broad SMARTS) is 2. The van der Waals surface area contributed by atoms with Crippen molar-refractivity contribution in [1.82, 2.24) is 0 Å². The molecule has 52 heavy (non-hydrogen) atoms. The maximum absolute atomic E-state index is 12.6. The summed E-state index contributed by atoms with van der Waals surface area (Å²) in [6, 6.07) is 34.9. The molecule has 1 aliphatic heterocycles. The molecule has 0 radical (unpaired) electrons. The number of nitrogens with zero attached hydrogens (tertiary/aromatic N) is 2. The lowest BCUT2D eigenvalue weighted by atomic mass is 10.2. The number of anilines is 4. The van der Waals surface area contributed by atoms with Gasteiger partial charge in [0.05, 0.1) is 11.4 Å². The number of carbonyl (C=O) groups excluding carboxylic acids is 6. The van der Waals surface area contributed by atoms with E-state index in [-0.39, 0.29) is 19.9 Å². The molecule has 4 aromatic carbocycles. The molecule has 0 saturated carbocycles. The number of aliphatic carboxylic acids is 2. The number of imide groups is 2. The number of rotatable bonds is 6. The SMILES string of the molecule is C.CC(=O)OC(C)=O.O=C(Nc1ccccc1)Nc1ccccc1.O=C(O)CC(=O)O.O=C1CC(=O)N(c2ccccc2)C(=O)N1c1ccccc1. The van der Waals surface area contributed by atoms with E-state index < -0.39 is 48.1 Å². The summed E-state index contributed by atoms with van der Waals surface area (Å²) in [5.41, 5.74) is 2.47. The summed E-state index contributed by atoms with van der Waals surface area (Å²) in [5, 5.41) is 20.9. The molecule has 1 saturated heterocycles. The molecule has 6 amide bonds. The minimum Gasteiger partial charge on any atom is -0.481 e. The third-order valence-electron chi connectivity index (χ3n) is 5.87. The van der Waals surface area contributed by atoms with E-state index in [1.807, 2.05) is 60.7 Å². The number of carbonyl (C=O) groups is 8. The number of benzene rings is 4. The highest BCUT2D eigenvalue weighted by molar-refractivity contribution is 6.35. The number of para-hydroxylation sites is 4. The zero-order valence-corrected chi connectivity index (χ0v) is 27.4. The summed E-state index contributed by atoms with van der Waals surface area (Å²) in [6.45, 7) is 2.36. The summed E-state index contributed by atoms with van der Waals surface area (Å²) >= 11 is 0. The number of hydrogen-bond donors (Lipinski definition) is 4. The van der Waals surface area contributed by atoms with Gasteiger partial charge < -0.3 is 25.6 Å². The van der Waals surface area contributed by atoms with Crippen molar-refractivity contribution in [2.45, 2.75) is 34.1 Å². The monoisotopic (exact) mass is 714 g/mol. The molecule has 272 valence electrons. The summed E-state index contributed by atoms with van der Waals surface area (Å²) in [4.78, 5) is 88.8. The summed E-state index contributed by atoms with van der Waals surface area (Å²) < 4.78 is 3.97. The van der Waals surface area contributed by atoms with Crippen molar-refractivity contribution in [3.63, 3.8) is 0 Å². The van der Waals surface area contributed by atoms with E-state index >= 15 is 0 Å². The number of urea groups is 2. The zero-order valence-electron chi connectivity index (χ0n) is 27.4. The van der Waals surface area contributed by atoms with Gasteiger partial charge in [-0.05, 0) is 48.5 Å². The number of ether oxygens (including phenoxy) is 1. The largest absolute Gasteiger partial charge is 0.481 e. The van der Waals surface area contributed by atoms with Crippen molar-refractivity contribution in [3.8, 4) is 0 Å². The molecule has 0 aromatic heterocycles. The molecule has 0 spiro atoms. The summed E-state index contributed by atoms with van der Waals surface area (Å²) in [6.07, 6.45) is -1.13. The first kappa shape index (κ1) is 42.9. The van der Waals surface area contributed by atoms with Crippen LogP contribution in [0.4, 0.5) is 32.3 Å². The Balaban J connectivity index is 0.000000385. The van der Waals surface area contributed by atoms with Crippen LogP contribution in [-0.2, 0) is 33.5 Å². The third kappa shape index (κ3) is 15.8. The predicted molar refractivity (Wildman–Crippen MR) is 192 cm³/mol. The second kappa shape index (κ2) is 22.5. The normalized spacial score (nSPS) is 11.3. The van der Waals surface area contributed by atoms with Crippen LogP contribution in [0.25, 0.3) is 0 Å². The van der Waals surface area contributed by atoms with E-state index in [1.165, 1.54) is 13.8 Å². The fraction of sp³-hybridized carbons (Fsp3) is 0.135. The minimum absolute atomic E-state index is 0. The number of barbiturate groups is 1. The number of nitrogens with one attached hydrogen (secondary N) is 2. The van der Waals surface area contributed by atoms with Crippen LogP contribution in [0.3, 0.4) is 0 Å². The smallest absolute Gasteiger partial charge is 0.342 e. The van der Waals surface area contributed by atoms with Gasteiger partial charge in [0, 0.05) is 25.2 Å². The van der Waals surface area contributed by atoms with Crippen molar-refractivity contribution >= 4 is 70.5 Å². The Kier molecular flexibility index (Phi) is 18.5. The Labute approximate surface area is 299 Å². The first-order valence-electron chi connectivity index (χ1n) is 14.9. The Bertz CT molecular complexity index is 1650. The Morgan fingerprint density at radius 1 is 0.577 bits per heavy atom. The van der Waals surface area contributed by atoms with Gasteiger partial charge in [0.25, 0.3) is 0 Å². The van der Waals surface area contributed by atoms with Crippen LogP contribution in [-0.4, -0.2) is 58.0 Å².